The predicted octanol–water partition coefficient (Wildman–Crippen LogP) is 4.98. The average molecular weight is 425 g/mol. The summed E-state index contributed by atoms with van der Waals surface area (Å²) in [5.41, 5.74) is 5.41. The number of rotatable bonds is 4. The van der Waals surface area contributed by atoms with E-state index in [-0.39, 0.29) is 11.7 Å². The Kier molecular flexibility index (Phi) is 4.70. The number of carbonyl (C=O) groups is 1. The van der Waals surface area contributed by atoms with Gasteiger partial charge < -0.3 is 9.72 Å². The fourth-order valence-electron chi connectivity index (χ4n) is 4.60. The van der Waals surface area contributed by atoms with Crippen molar-refractivity contribution in [3.63, 3.8) is 0 Å². The molecule has 5 aromatic rings. The minimum absolute atomic E-state index is 0.210. The highest BCUT2D eigenvalue weighted by molar-refractivity contribution is 5.94. The van der Waals surface area contributed by atoms with Crippen LogP contribution in [0, 0.1) is 6.92 Å². The van der Waals surface area contributed by atoms with Gasteiger partial charge in [0.25, 0.3) is 0 Å². The van der Waals surface area contributed by atoms with E-state index in [9.17, 15) is 9.59 Å². The van der Waals surface area contributed by atoms with Gasteiger partial charge in [0, 0.05) is 22.7 Å². The van der Waals surface area contributed by atoms with Gasteiger partial charge in [-0.15, -0.1) is 0 Å². The number of imidazole rings is 1. The molecule has 0 spiro atoms. The monoisotopic (exact) mass is 425 g/mol. The number of aromatic nitrogens is 3. The minimum Gasteiger partial charge on any atom is -0.465 e. The molecule has 1 unspecified atom stereocenters. The van der Waals surface area contributed by atoms with Crippen LogP contribution in [0.2, 0.25) is 0 Å². The van der Waals surface area contributed by atoms with Crippen LogP contribution in [0.4, 0.5) is 0 Å². The molecule has 1 atom stereocenters. The van der Waals surface area contributed by atoms with Gasteiger partial charge in [0.05, 0.1) is 35.4 Å². The molecular weight excluding hydrogens is 402 g/mol. The molecule has 5 rings (SSSR count). The second-order valence-corrected chi connectivity index (χ2v) is 7.90. The number of para-hydroxylation sites is 3. The maximum absolute atomic E-state index is 13.9. The third kappa shape index (κ3) is 2.87. The first-order valence-corrected chi connectivity index (χ1v) is 10.5. The number of esters is 1. The van der Waals surface area contributed by atoms with Crippen molar-refractivity contribution in [3.05, 3.63) is 100 Å². The van der Waals surface area contributed by atoms with Gasteiger partial charge in [-0.25, -0.2) is 9.59 Å². The molecule has 0 aliphatic rings. The maximum atomic E-state index is 13.9. The van der Waals surface area contributed by atoms with E-state index in [1.807, 2.05) is 55.6 Å². The molecule has 2 heterocycles. The molecular formula is C26H23N3O3. The van der Waals surface area contributed by atoms with Gasteiger partial charge in [-0.1, -0.05) is 36.4 Å². The number of fused-ring (bicyclic) bond motifs is 2. The second-order valence-electron chi connectivity index (χ2n) is 7.90. The van der Waals surface area contributed by atoms with Crippen LogP contribution in [-0.2, 0) is 4.74 Å². The van der Waals surface area contributed by atoms with Crippen molar-refractivity contribution in [2.24, 2.45) is 0 Å². The second kappa shape index (κ2) is 7.57. The third-order valence-electron chi connectivity index (χ3n) is 6.11. The Labute approximate surface area is 184 Å². The van der Waals surface area contributed by atoms with E-state index in [4.69, 9.17) is 4.74 Å². The van der Waals surface area contributed by atoms with Crippen molar-refractivity contribution >= 4 is 27.9 Å². The summed E-state index contributed by atoms with van der Waals surface area (Å²) in [5, 5.41) is 1.12. The molecule has 3 aromatic carbocycles. The molecule has 0 bridgehead atoms. The number of H-pyrrole nitrogens is 1. The fourth-order valence-corrected chi connectivity index (χ4v) is 4.60. The Balaban J connectivity index is 1.80. The van der Waals surface area contributed by atoms with Gasteiger partial charge in [0.2, 0.25) is 0 Å². The molecule has 1 N–H and O–H groups in total. The molecule has 0 saturated heterocycles. The predicted molar refractivity (Wildman–Crippen MR) is 126 cm³/mol. The highest BCUT2D eigenvalue weighted by Gasteiger charge is 2.24. The molecule has 0 aliphatic carbocycles. The number of nitrogens with zero attached hydrogens (tertiary/aromatic N) is 2. The Morgan fingerprint density at radius 1 is 0.969 bits per heavy atom. The topological polar surface area (TPSA) is 69.0 Å². The number of benzene rings is 3. The zero-order valence-corrected chi connectivity index (χ0v) is 18.1. The van der Waals surface area contributed by atoms with Crippen LogP contribution in [0.5, 0.6) is 0 Å². The fraction of sp³-hybridized carbons (Fsp3) is 0.154. The van der Waals surface area contributed by atoms with E-state index < -0.39 is 5.97 Å². The molecule has 2 aromatic heterocycles. The van der Waals surface area contributed by atoms with Crippen molar-refractivity contribution in [2.45, 2.75) is 19.9 Å². The summed E-state index contributed by atoms with van der Waals surface area (Å²) in [6.07, 6.45) is 1.98. The Bertz CT molecular complexity index is 1540. The standard InChI is InChI=1S/C26H23N3O3/c1-16-9-8-11-20-24(16)19(15-27-20)17(2)28-22-13-6-7-14-23(22)29(26(28)31)21-12-5-4-10-18(21)25(30)32-3/h4-15,17,27H,1-3H3. The van der Waals surface area contributed by atoms with Crippen LogP contribution < -0.4 is 5.69 Å². The van der Waals surface area contributed by atoms with Crippen LogP contribution in [-0.4, -0.2) is 27.2 Å². The van der Waals surface area contributed by atoms with Gasteiger partial charge >= 0.3 is 11.7 Å². The molecule has 6 nitrogen and oxygen atoms in total. The molecule has 0 radical (unpaired) electrons. The SMILES string of the molecule is COC(=O)c1ccccc1-n1c(=O)n(C(C)c2c[nH]c3cccc(C)c23)c2ccccc21. The highest BCUT2D eigenvalue weighted by Crippen LogP contribution is 2.31. The van der Waals surface area contributed by atoms with Crippen LogP contribution in [0.1, 0.15) is 34.5 Å². The lowest BCUT2D eigenvalue weighted by Crippen LogP contribution is -2.27. The number of carbonyl (C=O) groups excluding carboxylic acids is 1. The molecule has 0 fully saturated rings. The summed E-state index contributed by atoms with van der Waals surface area (Å²) in [5.74, 6) is -0.482. The zero-order valence-electron chi connectivity index (χ0n) is 18.1. The Morgan fingerprint density at radius 3 is 2.47 bits per heavy atom. The molecule has 0 saturated carbocycles. The number of hydrogen-bond acceptors (Lipinski definition) is 3. The van der Waals surface area contributed by atoms with Crippen LogP contribution in [0.3, 0.4) is 0 Å². The summed E-state index contributed by atoms with van der Waals surface area (Å²) >= 11 is 0. The minimum atomic E-state index is -0.482. The summed E-state index contributed by atoms with van der Waals surface area (Å²) in [4.78, 5) is 29.6. The van der Waals surface area contributed by atoms with E-state index >= 15 is 0 Å². The highest BCUT2D eigenvalue weighted by atomic mass is 16.5. The average Bonchev–Trinajstić information content (AvgIpc) is 3.37. The van der Waals surface area contributed by atoms with E-state index in [1.54, 1.807) is 27.3 Å². The van der Waals surface area contributed by atoms with Gasteiger partial charge in [-0.2, -0.15) is 0 Å². The van der Waals surface area contributed by atoms with Gasteiger partial charge in [0.15, 0.2) is 0 Å². The van der Waals surface area contributed by atoms with Gasteiger partial charge in [0.1, 0.15) is 0 Å². The summed E-state index contributed by atoms with van der Waals surface area (Å²) in [6.45, 7) is 4.10. The normalized spacial score (nSPS) is 12.3. The van der Waals surface area contributed by atoms with E-state index in [0.717, 1.165) is 33.1 Å². The summed E-state index contributed by atoms with van der Waals surface area (Å²) in [6, 6.07) is 20.6. The van der Waals surface area contributed by atoms with Gasteiger partial charge in [-0.3, -0.25) is 9.13 Å². The largest absolute Gasteiger partial charge is 0.465 e. The third-order valence-corrected chi connectivity index (χ3v) is 6.11. The molecule has 6 heteroatoms. The zero-order chi connectivity index (χ0) is 22.4. The lowest BCUT2D eigenvalue weighted by molar-refractivity contribution is 0.0601. The molecule has 0 amide bonds. The number of nitrogens with one attached hydrogen (secondary N) is 1. The number of methoxy groups -OCH3 is 1. The quantitative estimate of drug-likeness (QED) is 0.413. The van der Waals surface area contributed by atoms with Crippen molar-refractivity contribution < 1.29 is 9.53 Å². The van der Waals surface area contributed by atoms with Crippen molar-refractivity contribution in [1.29, 1.82) is 0 Å². The van der Waals surface area contributed by atoms with Crippen molar-refractivity contribution in [2.75, 3.05) is 7.11 Å². The first kappa shape index (κ1) is 19.9. The lowest BCUT2D eigenvalue weighted by Gasteiger charge is -2.14. The van der Waals surface area contributed by atoms with Crippen LogP contribution in [0.15, 0.2) is 77.7 Å². The number of ether oxygens (including phenoxy) is 1. The van der Waals surface area contributed by atoms with Crippen LogP contribution in [0.25, 0.3) is 27.6 Å². The lowest BCUT2D eigenvalue weighted by atomic mass is 10.0. The smallest absolute Gasteiger partial charge is 0.339 e. The maximum Gasteiger partial charge on any atom is 0.339 e. The summed E-state index contributed by atoms with van der Waals surface area (Å²) < 4.78 is 8.35. The number of aromatic amines is 1. The van der Waals surface area contributed by atoms with Gasteiger partial charge in [-0.05, 0) is 49.7 Å². The van der Waals surface area contributed by atoms with E-state index in [0.29, 0.717) is 11.3 Å². The first-order chi connectivity index (χ1) is 15.5. The Hall–Kier alpha value is -4.06. The number of hydrogen-bond donors (Lipinski definition) is 1. The van der Waals surface area contributed by atoms with Crippen LogP contribution >= 0.6 is 0 Å². The molecule has 160 valence electrons. The molecule has 0 aliphatic heterocycles. The van der Waals surface area contributed by atoms with E-state index in [1.165, 1.54) is 7.11 Å². The number of aryl methyl sites for hydroxylation is 1. The van der Waals surface area contributed by atoms with Crippen molar-refractivity contribution in [3.8, 4) is 5.69 Å². The molecule has 32 heavy (non-hydrogen) atoms. The first-order valence-electron chi connectivity index (χ1n) is 10.5. The Morgan fingerprint density at radius 2 is 1.69 bits per heavy atom. The summed E-state index contributed by atoms with van der Waals surface area (Å²) in [7, 11) is 1.34. The van der Waals surface area contributed by atoms with E-state index in [2.05, 4.69) is 18.0 Å². The van der Waals surface area contributed by atoms with Crippen molar-refractivity contribution in [1.82, 2.24) is 14.1 Å².